The maximum Gasteiger partial charge on any atom is 0.309 e. The molecule has 0 amide bonds. The molecule has 4 aliphatic carbocycles. The number of anilines is 2. The van der Waals surface area contributed by atoms with Gasteiger partial charge in [-0.25, -0.2) is 4.68 Å². The molecular weight excluding hydrogens is 406 g/mol. The highest BCUT2D eigenvalue weighted by Gasteiger charge is 2.61. The second-order valence-corrected chi connectivity index (χ2v) is 9.35. The van der Waals surface area contributed by atoms with Crippen LogP contribution in [0.5, 0.6) is 5.75 Å². The molecule has 4 bridgehead atoms. The Morgan fingerprint density at radius 2 is 2.03 bits per heavy atom. The first-order valence-corrected chi connectivity index (χ1v) is 10.7. The van der Waals surface area contributed by atoms with Gasteiger partial charge in [-0.05, 0) is 62.0 Å². The average Bonchev–Trinajstić information content (AvgIpc) is 2.70. The molecule has 2 aromatic rings. The van der Waals surface area contributed by atoms with Gasteiger partial charge in [0.05, 0.1) is 30.5 Å². The number of methoxy groups -OCH3 is 1. The molecule has 6 rings (SSSR count). The number of carboxylic acid groups (broad SMARTS) is 1. The van der Waals surface area contributed by atoms with Gasteiger partial charge in [0.1, 0.15) is 10.8 Å². The molecule has 1 heterocycles. The molecule has 0 radical (unpaired) electrons. The molecule has 5 atom stereocenters. The second kappa shape index (κ2) is 7.01. The van der Waals surface area contributed by atoms with Crippen LogP contribution in [0.15, 0.2) is 35.3 Å². The zero-order valence-corrected chi connectivity index (χ0v) is 17.4. The Morgan fingerprint density at radius 3 is 2.70 bits per heavy atom. The topological polar surface area (TPSA) is 93.4 Å². The van der Waals surface area contributed by atoms with E-state index in [4.69, 9.17) is 16.3 Å². The summed E-state index contributed by atoms with van der Waals surface area (Å²) >= 11 is 6.47. The van der Waals surface area contributed by atoms with Crippen LogP contribution in [-0.4, -0.2) is 28.0 Å². The molecule has 0 saturated heterocycles. The van der Waals surface area contributed by atoms with Gasteiger partial charge in [0.15, 0.2) is 0 Å². The molecule has 30 heavy (non-hydrogen) atoms. The fraction of sp³-hybridized carbons (Fsp3) is 0.500. The number of halogens is 1. The predicted octanol–water partition coefficient (Wildman–Crippen LogP) is 3.88. The van der Waals surface area contributed by atoms with E-state index in [-0.39, 0.29) is 10.9 Å². The maximum atomic E-state index is 13.3. The number of benzene rings is 1. The molecule has 4 fully saturated rings. The molecule has 7 nitrogen and oxygen atoms in total. The normalized spacial score (nSPS) is 31.5. The number of aromatic nitrogens is 2. The predicted molar refractivity (Wildman–Crippen MR) is 112 cm³/mol. The van der Waals surface area contributed by atoms with Gasteiger partial charge in [-0.15, -0.1) is 0 Å². The standard InChI is InChI=1S/C22H24ClN3O4/c1-30-16-4-2-3-15(8-16)25-17-11-24-26(20(27)19(17)23)22-9-12-5-13(10-22)7-14(6-12)18(22)21(28)29/h2-4,8,11-14,18,25H,5-7,9-10H2,1H3,(H,28,29)/t12-,13+,14?,18-,22?/m0/s1. The number of aliphatic carboxylic acids is 1. The van der Waals surface area contributed by atoms with Gasteiger partial charge in [0, 0.05) is 11.8 Å². The van der Waals surface area contributed by atoms with Gasteiger partial charge in [-0.3, -0.25) is 9.59 Å². The lowest BCUT2D eigenvalue weighted by molar-refractivity contribution is -0.168. The SMILES string of the molecule is COc1cccc(Nc2cnn(C34C[C@@H]5CC(C[C@@H](C5)C3)[C@H]4C(=O)O)c(=O)c2Cl)c1. The van der Waals surface area contributed by atoms with Gasteiger partial charge >= 0.3 is 5.97 Å². The smallest absolute Gasteiger partial charge is 0.309 e. The van der Waals surface area contributed by atoms with Crippen molar-refractivity contribution in [2.75, 3.05) is 12.4 Å². The minimum Gasteiger partial charge on any atom is -0.497 e. The van der Waals surface area contributed by atoms with E-state index in [1.165, 1.54) is 10.9 Å². The molecule has 2 unspecified atom stereocenters. The fourth-order valence-electron chi connectivity index (χ4n) is 6.43. The van der Waals surface area contributed by atoms with Crippen molar-refractivity contribution < 1.29 is 14.6 Å². The Bertz CT molecular complexity index is 1050. The molecule has 2 N–H and O–H groups in total. The Morgan fingerprint density at radius 1 is 1.30 bits per heavy atom. The lowest BCUT2D eigenvalue weighted by atomic mass is 9.48. The van der Waals surface area contributed by atoms with Crippen molar-refractivity contribution in [1.82, 2.24) is 9.78 Å². The summed E-state index contributed by atoms with van der Waals surface area (Å²) in [5.74, 6) is 0.275. The van der Waals surface area contributed by atoms with Crippen LogP contribution in [0.4, 0.5) is 11.4 Å². The van der Waals surface area contributed by atoms with Crippen molar-refractivity contribution in [3.05, 3.63) is 45.8 Å². The van der Waals surface area contributed by atoms with Crippen LogP contribution in [0.2, 0.25) is 5.02 Å². The second-order valence-electron chi connectivity index (χ2n) is 8.97. The molecule has 1 aromatic carbocycles. The highest BCUT2D eigenvalue weighted by atomic mass is 35.5. The van der Waals surface area contributed by atoms with Crippen LogP contribution in [0, 0.1) is 23.7 Å². The molecule has 1 aromatic heterocycles. The summed E-state index contributed by atoms with van der Waals surface area (Å²) in [6.07, 6.45) is 5.90. The third-order valence-corrected chi connectivity index (χ3v) is 7.59. The van der Waals surface area contributed by atoms with E-state index in [0.29, 0.717) is 41.8 Å². The highest BCUT2D eigenvalue weighted by molar-refractivity contribution is 6.33. The van der Waals surface area contributed by atoms with Crippen molar-refractivity contribution in [3.63, 3.8) is 0 Å². The molecule has 0 spiro atoms. The summed E-state index contributed by atoms with van der Waals surface area (Å²) in [5, 5.41) is 17.6. The van der Waals surface area contributed by atoms with Gasteiger partial charge in [0.25, 0.3) is 5.56 Å². The van der Waals surface area contributed by atoms with Crippen LogP contribution < -0.4 is 15.6 Å². The third-order valence-electron chi connectivity index (χ3n) is 7.23. The monoisotopic (exact) mass is 429 g/mol. The number of rotatable bonds is 5. The fourth-order valence-corrected chi connectivity index (χ4v) is 6.60. The molecular formula is C22H24ClN3O4. The minimum absolute atomic E-state index is 0.0210. The summed E-state index contributed by atoms with van der Waals surface area (Å²) in [5.41, 5.74) is -0.107. The van der Waals surface area contributed by atoms with Crippen molar-refractivity contribution in [3.8, 4) is 5.75 Å². The van der Waals surface area contributed by atoms with Crippen LogP contribution in [0.25, 0.3) is 0 Å². The van der Waals surface area contributed by atoms with E-state index >= 15 is 0 Å². The number of hydrogen-bond donors (Lipinski definition) is 2. The van der Waals surface area contributed by atoms with Gasteiger partial charge in [0.2, 0.25) is 0 Å². The minimum atomic E-state index is -0.831. The van der Waals surface area contributed by atoms with Crippen molar-refractivity contribution >= 4 is 28.9 Å². The first-order chi connectivity index (χ1) is 14.4. The summed E-state index contributed by atoms with van der Waals surface area (Å²) < 4.78 is 6.63. The average molecular weight is 430 g/mol. The number of ether oxygens (including phenoxy) is 1. The zero-order chi connectivity index (χ0) is 21.0. The van der Waals surface area contributed by atoms with Crippen LogP contribution >= 0.6 is 11.6 Å². The van der Waals surface area contributed by atoms with E-state index in [0.717, 1.165) is 19.3 Å². The number of hydrogen-bond acceptors (Lipinski definition) is 5. The molecule has 4 aliphatic rings. The van der Waals surface area contributed by atoms with E-state index in [9.17, 15) is 14.7 Å². The lowest BCUT2D eigenvalue weighted by Gasteiger charge is -2.59. The first kappa shape index (κ1) is 19.4. The van der Waals surface area contributed by atoms with Crippen molar-refractivity contribution in [2.24, 2.45) is 23.7 Å². The van der Waals surface area contributed by atoms with E-state index < -0.39 is 23.0 Å². The summed E-state index contributed by atoms with van der Waals surface area (Å²) in [4.78, 5) is 25.5. The Balaban J connectivity index is 1.54. The largest absolute Gasteiger partial charge is 0.497 e. The van der Waals surface area contributed by atoms with Crippen LogP contribution in [-0.2, 0) is 10.3 Å². The van der Waals surface area contributed by atoms with Gasteiger partial charge in [-0.2, -0.15) is 5.10 Å². The van der Waals surface area contributed by atoms with Crippen LogP contribution in [0.3, 0.4) is 0 Å². The highest BCUT2D eigenvalue weighted by Crippen LogP contribution is 2.61. The molecule has 8 heteroatoms. The summed E-state index contributed by atoms with van der Waals surface area (Å²) in [7, 11) is 1.58. The summed E-state index contributed by atoms with van der Waals surface area (Å²) in [6.45, 7) is 0. The van der Waals surface area contributed by atoms with Crippen LogP contribution in [0.1, 0.15) is 32.1 Å². The van der Waals surface area contributed by atoms with E-state index in [1.54, 1.807) is 13.2 Å². The Kier molecular flexibility index (Phi) is 4.54. The third kappa shape index (κ3) is 2.90. The van der Waals surface area contributed by atoms with E-state index in [1.807, 2.05) is 18.2 Å². The maximum absolute atomic E-state index is 13.3. The number of carbonyl (C=O) groups is 1. The Labute approximate surface area is 179 Å². The lowest BCUT2D eigenvalue weighted by Crippen LogP contribution is -2.63. The summed E-state index contributed by atoms with van der Waals surface area (Å²) in [6, 6.07) is 7.28. The van der Waals surface area contributed by atoms with Crippen molar-refractivity contribution in [2.45, 2.75) is 37.6 Å². The van der Waals surface area contributed by atoms with Gasteiger partial charge < -0.3 is 15.2 Å². The number of carboxylic acids is 1. The zero-order valence-electron chi connectivity index (χ0n) is 16.7. The van der Waals surface area contributed by atoms with E-state index in [2.05, 4.69) is 10.4 Å². The Hall–Kier alpha value is -2.54. The quantitative estimate of drug-likeness (QED) is 0.749. The molecule has 4 saturated carbocycles. The van der Waals surface area contributed by atoms with Crippen molar-refractivity contribution in [1.29, 1.82) is 0 Å². The first-order valence-electron chi connectivity index (χ1n) is 10.3. The number of nitrogens with zero attached hydrogens (tertiary/aromatic N) is 2. The number of nitrogens with one attached hydrogen (secondary N) is 1. The van der Waals surface area contributed by atoms with Gasteiger partial charge in [-0.1, -0.05) is 17.7 Å². The molecule has 0 aliphatic heterocycles. The molecule has 158 valence electrons.